The lowest BCUT2D eigenvalue weighted by molar-refractivity contribution is -0.145. The van der Waals surface area contributed by atoms with E-state index >= 15 is 0 Å². The highest BCUT2D eigenvalue weighted by Gasteiger charge is 2.64. The van der Waals surface area contributed by atoms with Crippen molar-refractivity contribution in [2.75, 3.05) is 26.2 Å². The van der Waals surface area contributed by atoms with Crippen LogP contribution in [0.15, 0.2) is 24.3 Å². The molecule has 2 saturated carbocycles. The summed E-state index contributed by atoms with van der Waals surface area (Å²) in [5.74, 6) is 1.34. The molecule has 0 radical (unpaired) electrons. The van der Waals surface area contributed by atoms with Crippen LogP contribution in [0.2, 0.25) is 0 Å². The summed E-state index contributed by atoms with van der Waals surface area (Å²) in [6.45, 7) is 16.1. The Labute approximate surface area is 183 Å². The standard InChI is InChI=1S/C27H40N2O/c1-25(2)18-29(24(30)22-16-19-12-13-27(22,5)26(19,3)4)23(17-28-14-8-9-15-28)20-10-6-7-11-21(20)25/h6-7,10-11,19,22-23H,8-9,12-18H2,1-5H3. The second kappa shape index (κ2) is 6.82. The van der Waals surface area contributed by atoms with E-state index in [9.17, 15) is 4.79 Å². The van der Waals surface area contributed by atoms with Crippen molar-refractivity contribution in [1.82, 2.24) is 9.80 Å². The highest BCUT2D eigenvalue weighted by Crippen LogP contribution is 2.68. The molecule has 3 heteroatoms. The van der Waals surface area contributed by atoms with Crippen molar-refractivity contribution in [1.29, 1.82) is 0 Å². The van der Waals surface area contributed by atoms with Crippen LogP contribution < -0.4 is 0 Å². The summed E-state index contributed by atoms with van der Waals surface area (Å²) in [6.07, 6.45) is 6.20. The van der Waals surface area contributed by atoms with Crippen LogP contribution in [0.3, 0.4) is 0 Å². The first kappa shape index (κ1) is 20.5. The van der Waals surface area contributed by atoms with Crippen LogP contribution >= 0.6 is 0 Å². The van der Waals surface area contributed by atoms with Gasteiger partial charge in [0.25, 0.3) is 0 Å². The number of benzene rings is 1. The Morgan fingerprint density at radius 3 is 2.40 bits per heavy atom. The van der Waals surface area contributed by atoms with Gasteiger partial charge in [-0.05, 0) is 73.1 Å². The summed E-state index contributed by atoms with van der Waals surface area (Å²) < 4.78 is 0. The van der Waals surface area contributed by atoms with Crippen molar-refractivity contribution in [3.8, 4) is 0 Å². The average Bonchev–Trinajstić information content (AvgIpc) is 3.35. The maximum Gasteiger partial charge on any atom is 0.226 e. The molecule has 4 atom stereocenters. The monoisotopic (exact) mass is 408 g/mol. The van der Waals surface area contributed by atoms with Crippen LogP contribution in [-0.4, -0.2) is 41.9 Å². The molecule has 0 N–H and O–H groups in total. The molecule has 0 aromatic heterocycles. The summed E-state index contributed by atoms with van der Waals surface area (Å²) in [5.41, 5.74) is 3.26. The Bertz CT molecular complexity index is 837. The maximum absolute atomic E-state index is 14.3. The van der Waals surface area contributed by atoms with E-state index in [1.165, 1.54) is 49.9 Å². The highest BCUT2D eigenvalue weighted by atomic mass is 16.2. The van der Waals surface area contributed by atoms with Crippen molar-refractivity contribution in [2.45, 2.75) is 78.2 Å². The van der Waals surface area contributed by atoms with E-state index in [2.05, 4.69) is 68.7 Å². The van der Waals surface area contributed by atoms with E-state index in [1.54, 1.807) is 0 Å². The molecule has 1 saturated heterocycles. The van der Waals surface area contributed by atoms with Gasteiger partial charge in [-0.25, -0.2) is 0 Å². The van der Waals surface area contributed by atoms with Crippen LogP contribution in [-0.2, 0) is 10.2 Å². The third-order valence-electron chi connectivity index (χ3n) is 10.00. The van der Waals surface area contributed by atoms with E-state index in [0.29, 0.717) is 11.8 Å². The first-order valence-corrected chi connectivity index (χ1v) is 12.3. The minimum atomic E-state index is 0.00179. The molecule has 1 aromatic rings. The topological polar surface area (TPSA) is 23.6 Å². The predicted octanol–water partition coefficient (Wildman–Crippen LogP) is 5.41. The first-order chi connectivity index (χ1) is 14.1. The Morgan fingerprint density at radius 1 is 1.07 bits per heavy atom. The number of hydrogen-bond donors (Lipinski definition) is 0. The second-order valence-electron chi connectivity index (χ2n) is 12.1. The van der Waals surface area contributed by atoms with Gasteiger partial charge in [0.2, 0.25) is 5.91 Å². The van der Waals surface area contributed by atoms with Crippen molar-refractivity contribution in [3.63, 3.8) is 0 Å². The minimum Gasteiger partial charge on any atom is -0.333 e. The van der Waals surface area contributed by atoms with Gasteiger partial charge in [0.15, 0.2) is 0 Å². The van der Waals surface area contributed by atoms with Gasteiger partial charge in [-0.1, -0.05) is 58.9 Å². The summed E-state index contributed by atoms with van der Waals surface area (Å²) in [6, 6.07) is 9.14. The molecule has 164 valence electrons. The van der Waals surface area contributed by atoms with Gasteiger partial charge in [0, 0.05) is 24.4 Å². The number of amides is 1. The van der Waals surface area contributed by atoms with Gasteiger partial charge < -0.3 is 9.80 Å². The lowest BCUT2D eigenvalue weighted by atomic mass is 9.66. The molecule has 0 spiro atoms. The molecule has 30 heavy (non-hydrogen) atoms. The molecule has 4 aliphatic rings. The van der Waals surface area contributed by atoms with Gasteiger partial charge in [-0.15, -0.1) is 0 Å². The average molecular weight is 409 g/mol. The number of rotatable bonds is 3. The van der Waals surface area contributed by atoms with E-state index < -0.39 is 0 Å². The van der Waals surface area contributed by atoms with Crippen LogP contribution in [0.1, 0.15) is 83.9 Å². The summed E-state index contributed by atoms with van der Waals surface area (Å²) in [7, 11) is 0. The zero-order valence-corrected chi connectivity index (χ0v) is 19.7. The van der Waals surface area contributed by atoms with Crippen molar-refractivity contribution >= 4 is 5.91 Å². The van der Waals surface area contributed by atoms with Gasteiger partial charge in [0.1, 0.15) is 0 Å². The normalized spacial score (nSPS) is 36.8. The number of nitrogens with zero attached hydrogens (tertiary/aromatic N) is 2. The Balaban J connectivity index is 1.52. The van der Waals surface area contributed by atoms with Crippen LogP contribution in [0.25, 0.3) is 0 Å². The second-order valence-corrected chi connectivity index (χ2v) is 12.1. The van der Waals surface area contributed by atoms with Crippen LogP contribution in [0.5, 0.6) is 0 Å². The number of carbonyl (C=O) groups is 1. The van der Waals surface area contributed by atoms with Gasteiger partial charge >= 0.3 is 0 Å². The Hall–Kier alpha value is -1.35. The van der Waals surface area contributed by atoms with Gasteiger partial charge in [-0.2, -0.15) is 0 Å². The third kappa shape index (κ3) is 2.83. The summed E-state index contributed by atoms with van der Waals surface area (Å²) in [4.78, 5) is 19.2. The molecular formula is C27H40N2O. The molecule has 3 nitrogen and oxygen atoms in total. The molecule has 1 amide bonds. The Morgan fingerprint density at radius 2 is 1.77 bits per heavy atom. The van der Waals surface area contributed by atoms with Crippen LogP contribution in [0.4, 0.5) is 0 Å². The molecule has 2 aliphatic carbocycles. The number of fused-ring (bicyclic) bond motifs is 3. The third-order valence-corrected chi connectivity index (χ3v) is 10.00. The largest absolute Gasteiger partial charge is 0.333 e. The van der Waals surface area contributed by atoms with Gasteiger partial charge in [-0.3, -0.25) is 4.79 Å². The minimum absolute atomic E-state index is 0.00179. The lowest BCUT2D eigenvalue weighted by Gasteiger charge is -2.49. The lowest BCUT2D eigenvalue weighted by Crippen LogP contribution is -2.54. The highest BCUT2D eigenvalue weighted by molar-refractivity contribution is 5.82. The molecule has 2 bridgehead atoms. The molecule has 3 fully saturated rings. The molecular weight excluding hydrogens is 368 g/mol. The van der Waals surface area contributed by atoms with Crippen molar-refractivity contribution < 1.29 is 4.79 Å². The molecule has 5 rings (SSSR count). The summed E-state index contributed by atoms with van der Waals surface area (Å²) in [5, 5.41) is 0. The van der Waals surface area contributed by atoms with Crippen molar-refractivity contribution in [3.05, 3.63) is 35.4 Å². The van der Waals surface area contributed by atoms with E-state index in [0.717, 1.165) is 19.5 Å². The van der Waals surface area contributed by atoms with Gasteiger partial charge in [0.05, 0.1) is 6.04 Å². The number of hydrogen-bond acceptors (Lipinski definition) is 2. The van der Waals surface area contributed by atoms with E-state index in [4.69, 9.17) is 0 Å². The fourth-order valence-electron chi connectivity index (χ4n) is 7.61. The fraction of sp³-hybridized carbons (Fsp3) is 0.741. The smallest absolute Gasteiger partial charge is 0.226 e. The molecule has 2 heterocycles. The predicted molar refractivity (Wildman–Crippen MR) is 122 cm³/mol. The van der Waals surface area contributed by atoms with E-state index in [1.807, 2.05) is 0 Å². The molecule has 4 unspecified atom stereocenters. The summed E-state index contributed by atoms with van der Waals surface area (Å²) >= 11 is 0. The first-order valence-electron chi connectivity index (χ1n) is 12.3. The van der Waals surface area contributed by atoms with E-state index in [-0.39, 0.29) is 28.2 Å². The quantitative estimate of drug-likeness (QED) is 0.668. The van der Waals surface area contributed by atoms with Crippen LogP contribution in [0, 0.1) is 22.7 Å². The number of likely N-dealkylation sites (tertiary alicyclic amines) is 1. The molecule has 2 aliphatic heterocycles. The molecule has 1 aromatic carbocycles. The maximum atomic E-state index is 14.3. The SMILES string of the molecule is CC1(C)CN(C(=O)C2CC3CCC2(C)C3(C)C)C(CN2CCCC2)c2ccccc21. The zero-order valence-electron chi connectivity index (χ0n) is 19.7. The number of carbonyl (C=O) groups excluding carboxylic acids is 1. The Kier molecular flexibility index (Phi) is 4.67. The van der Waals surface area contributed by atoms with Crippen molar-refractivity contribution in [2.24, 2.45) is 22.7 Å². The fourth-order valence-corrected chi connectivity index (χ4v) is 7.61. The zero-order chi connectivity index (χ0) is 21.3.